The van der Waals surface area contributed by atoms with Gasteiger partial charge in [0.1, 0.15) is 0 Å². The van der Waals surface area contributed by atoms with Gasteiger partial charge in [0.15, 0.2) is 0 Å². The van der Waals surface area contributed by atoms with Gasteiger partial charge in [0.25, 0.3) is 0 Å². The second-order valence-corrected chi connectivity index (χ2v) is 7.98. The highest BCUT2D eigenvalue weighted by atomic mass is 16.4. The molecule has 4 aromatic carbocycles. The van der Waals surface area contributed by atoms with Crippen LogP contribution in [0.25, 0.3) is 11.3 Å². The summed E-state index contributed by atoms with van der Waals surface area (Å²) in [5.74, 6) is -1.96. The summed E-state index contributed by atoms with van der Waals surface area (Å²) in [6.07, 6.45) is 0. The number of carboxylic acid groups (broad SMARTS) is 2. The topological polar surface area (TPSA) is 99.0 Å². The van der Waals surface area contributed by atoms with Crippen molar-refractivity contribution < 1.29 is 19.8 Å². The molecule has 0 radical (unpaired) electrons. The molecular formula is C29H20N2O4. The number of aliphatic imine (C=N–C) groups is 1. The molecule has 3 N–H and O–H groups in total. The van der Waals surface area contributed by atoms with Crippen LogP contribution in [0, 0.1) is 0 Å². The molecule has 5 rings (SSSR count). The van der Waals surface area contributed by atoms with E-state index >= 15 is 0 Å². The van der Waals surface area contributed by atoms with Gasteiger partial charge in [0.05, 0.1) is 28.2 Å². The molecule has 1 aliphatic carbocycles. The standard InChI is InChI=1S/C29H20N2O4/c32-28(33)19-10-14-21(15-11-19)30-26-23-8-4-5-9-24(23)27(25(26)18-6-2-1-3-7-18)31-22-16-12-20(13-17-22)29(34)35/h1-17,30H,(H,32,33)(H,34,35). The number of rotatable bonds is 6. The van der Waals surface area contributed by atoms with Gasteiger partial charge in [-0.3, -0.25) is 0 Å². The van der Waals surface area contributed by atoms with Gasteiger partial charge >= 0.3 is 11.9 Å². The predicted molar refractivity (Wildman–Crippen MR) is 136 cm³/mol. The van der Waals surface area contributed by atoms with E-state index in [1.807, 2.05) is 54.6 Å². The maximum atomic E-state index is 11.3. The Morgan fingerprint density at radius 2 is 1.17 bits per heavy atom. The molecule has 0 spiro atoms. The largest absolute Gasteiger partial charge is 0.478 e. The Morgan fingerprint density at radius 1 is 0.629 bits per heavy atom. The molecule has 4 aromatic rings. The Hall–Kier alpha value is -4.97. The molecule has 6 nitrogen and oxygen atoms in total. The van der Waals surface area contributed by atoms with E-state index in [0.717, 1.165) is 39.4 Å². The SMILES string of the molecule is O=C(O)c1ccc(N=C2C(c3ccccc3)=C(Nc3ccc(C(=O)O)cc3)c3ccccc32)cc1. The fraction of sp³-hybridized carbons (Fsp3) is 0. The first-order chi connectivity index (χ1) is 17.0. The third-order valence-electron chi connectivity index (χ3n) is 5.76. The number of anilines is 1. The average Bonchev–Trinajstić information content (AvgIpc) is 3.18. The molecule has 0 heterocycles. The van der Waals surface area contributed by atoms with Crippen molar-refractivity contribution in [1.29, 1.82) is 0 Å². The lowest BCUT2D eigenvalue weighted by Crippen LogP contribution is -2.03. The average molecular weight is 460 g/mol. The lowest BCUT2D eigenvalue weighted by atomic mass is 10.0. The van der Waals surface area contributed by atoms with E-state index in [2.05, 4.69) is 5.32 Å². The quantitative estimate of drug-likeness (QED) is 0.318. The number of hydrogen-bond acceptors (Lipinski definition) is 4. The van der Waals surface area contributed by atoms with E-state index in [1.54, 1.807) is 36.4 Å². The third-order valence-corrected chi connectivity index (χ3v) is 5.76. The number of nitrogens with zero attached hydrogens (tertiary/aromatic N) is 1. The highest BCUT2D eigenvalue weighted by Crippen LogP contribution is 2.40. The van der Waals surface area contributed by atoms with E-state index < -0.39 is 11.9 Å². The van der Waals surface area contributed by atoms with Gasteiger partial charge < -0.3 is 15.5 Å². The maximum absolute atomic E-state index is 11.3. The Labute approximate surface area is 201 Å². The van der Waals surface area contributed by atoms with E-state index in [4.69, 9.17) is 4.99 Å². The van der Waals surface area contributed by atoms with Crippen molar-refractivity contribution in [3.8, 4) is 0 Å². The van der Waals surface area contributed by atoms with Crippen LogP contribution in [0.1, 0.15) is 37.4 Å². The van der Waals surface area contributed by atoms with Crippen molar-refractivity contribution in [2.75, 3.05) is 5.32 Å². The molecule has 170 valence electrons. The fourth-order valence-electron chi connectivity index (χ4n) is 4.08. The normalized spacial score (nSPS) is 13.5. The molecule has 0 saturated heterocycles. The first-order valence-electron chi connectivity index (χ1n) is 10.9. The summed E-state index contributed by atoms with van der Waals surface area (Å²) in [7, 11) is 0. The second kappa shape index (κ2) is 9.11. The molecule has 0 aromatic heterocycles. The highest BCUT2D eigenvalue weighted by Gasteiger charge is 2.29. The van der Waals surface area contributed by atoms with Crippen LogP contribution in [0.15, 0.2) is 108 Å². The molecule has 0 amide bonds. The predicted octanol–water partition coefficient (Wildman–Crippen LogP) is 6.20. The summed E-state index contributed by atoms with van der Waals surface area (Å²) >= 11 is 0. The number of allylic oxidation sites excluding steroid dienone is 1. The van der Waals surface area contributed by atoms with E-state index in [-0.39, 0.29) is 11.1 Å². The van der Waals surface area contributed by atoms with Crippen molar-refractivity contribution in [3.63, 3.8) is 0 Å². The van der Waals surface area contributed by atoms with Crippen molar-refractivity contribution in [2.45, 2.75) is 0 Å². The number of hydrogen-bond donors (Lipinski definition) is 3. The zero-order valence-corrected chi connectivity index (χ0v) is 18.5. The first kappa shape index (κ1) is 21.9. The van der Waals surface area contributed by atoms with E-state index in [0.29, 0.717) is 5.69 Å². The van der Waals surface area contributed by atoms with Crippen molar-refractivity contribution >= 4 is 40.3 Å². The molecular weight excluding hydrogens is 440 g/mol. The summed E-state index contributed by atoms with van der Waals surface area (Å²) < 4.78 is 0. The summed E-state index contributed by atoms with van der Waals surface area (Å²) in [5, 5.41) is 21.9. The Morgan fingerprint density at radius 3 is 1.77 bits per heavy atom. The molecule has 35 heavy (non-hydrogen) atoms. The van der Waals surface area contributed by atoms with Gasteiger partial charge in [-0.2, -0.15) is 0 Å². The number of benzene rings is 4. The smallest absolute Gasteiger partial charge is 0.335 e. The zero-order valence-electron chi connectivity index (χ0n) is 18.5. The number of carbonyl (C=O) groups is 2. The maximum Gasteiger partial charge on any atom is 0.335 e. The highest BCUT2D eigenvalue weighted by molar-refractivity contribution is 6.43. The Kier molecular flexibility index (Phi) is 5.69. The summed E-state index contributed by atoms with van der Waals surface area (Å²) in [6, 6.07) is 30.9. The molecule has 0 aliphatic heterocycles. The van der Waals surface area contributed by atoms with Gasteiger partial charge in [-0.15, -0.1) is 0 Å². The summed E-state index contributed by atoms with van der Waals surface area (Å²) in [4.78, 5) is 27.4. The summed E-state index contributed by atoms with van der Waals surface area (Å²) in [5.41, 5.74) is 7.20. The molecule has 0 fully saturated rings. The Bertz CT molecular complexity index is 1490. The van der Waals surface area contributed by atoms with Gasteiger partial charge in [-0.05, 0) is 54.1 Å². The molecule has 0 bridgehead atoms. The van der Waals surface area contributed by atoms with Gasteiger partial charge in [-0.25, -0.2) is 14.6 Å². The first-order valence-corrected chi connectivity index (χ1v) is 10.9. The number of nitrogens with one attached hydrogen (secondary N) is 1. The van der Waals surface area contributed by atoms with Crippen molar-refractivity contribution in [1.82, 2.24) is 0 Å². The van der Waals surface area contributed by atoms with Crippen LogP contribution in [0.5, 0.6) is 0 Å². The molecule has 0 saturated carbocycles. The minimum Gasteiger partial charge on any atom is -0.478 e. The fourth-order valence-corrected chi connectivity index (χ4v) is 4.08. The molecule has 6 heteroatoms. The van der Waals surface area contributed by atoms with Crippen LogP contribution in [-0.2, 0) is 0 Å². The van der Waals surface area contributed by atoms with Crippen molar-refractivity contribution in [3.05, 3.63) is 131 Å². The van der Waals surface area contributed by atoms with Crippen LogP contribution in [0.4, 0.5) is 11.4 Å². The molecule has 0 atom stereocenters. The lowest BCUT2D eigenvalue weighted by molar-refractivity contribution is 0.0686. The summed E-state index contributed by atoms with van der Waals surface area (Å²) in [6.45, 7) is 0. The second-order valence-electron chi connectivity index (χ2n) is 7.98. The van der Waals surface area contributed by atoms with Crippen LogP contribution in [0.3, 0.4) is 0 Å². The van der Waals surface area contributed by atoms with E-state index in [1.165, 1.54) is 12.1 Å². The Balaban J connectivity index is 1.67. The number of aromatic carboxylic acids is 2. The monoisotopic (exact) mass is 460 g/mol. The van der Waals surface area contributed by atoms with Crippen LogP contribution < -0.4 is 5.32 Å². The van der Waals surface area contributed by atoms with Crippen LogP contribution >= 0.6 is 0 Å². The number of carboxylic acids is 2. The van der Waals surface area contributed by atoms with E-state index in [9.17, 15) is 19.8 Å². The minimum absolute atomic E-state index is 0.201. The minimum atomic E-state index is -0.985. The number of fused-ring (bicyclic) bond motifs is 1. The van der Waals surface area contributed by atoms with Crippen LogP contribution in [0.2, 0.25) is 0 Å². The zero-order chi connectivity index (χ0) is 24.4. The van der Waals surface area contributed by atoms with Crippen molar-refractivity contribution in [2.24, 2.45) is 4.99 Å². The van der Waals surface area contributed by atoms with Crippen LogP contribution in [-0.4, -0.2) is 27.9 Å². The third kappa shape index (κ3) is 4.32. The molecule has 0 unspecified atom stereocenters. The van der Waals surface area contributed by atoms with Gasteiger partial charge in [0, 0.05) is 22.4 Å². The molecule has 1 aliphatic rings. The lowest BCUT2D eigenvalue weighted by Gasteiger charge is -2.13. The van der Waals surface area contributed by atoms with Gasteiger partial charge in [-0.1, -0.05) is 54.6 Å². The van der Waals surface area contributed by atoms with Gasteiger partial charge in [0.2, 0.25) is 0 Å².